The minimum Gasteiger partial charge on any atom is -0.495 e. The molecule has 2 aromatic rings. The Kier molecular flexibility index (Phi) is 5.07. The van der Waals surface area contributed by atoms with Crippen molar-refractivity contribution in [1.29, 1.82) is 0 Å². The number of hydrogen-bond acceptors (Lipinski definition) is 5. The van der Waals surface area contributed by atoms with Crippen LogP contribution in [-0.4, -0.2) is 32.8 Å². The first-order valence-electron chi connectivity index (χ1n) is 6.37. The Bertz CT molecular complexity index is 840. The second-order valence-electron chi connectivity index (χ2n) is 4.58. The number of benzene rings is 1. The van der Waals surface area contributed by atoms with Crippen molar-refractivity contribution in [3.05, 3.63) is 41.7 Å². The molecule has 0 aliphatic carbocycles. The Labute approximate surface area is 138 Å². The maximum Gasteiger partial charge on any atom is 0.323 e. The largest absolute Gasteiger partial charge is 0.495 e. The molecule has 1 heterocycles. The molecule has 2 rings (SSSR count). The maximum atomic E-state index is 12.0. The van der Waals surface area contributed by atoms with Gasteiger partial charge in [-0.15, -0.1) is 0 Å². The fraction of sp³-hybridized carbons (Fsp3) is 0.143. The molecule has 23 heavy (non-hydrogen) atoms. The number of ether oxygens (including phenoxy) is 1. The number of aromatic nitrogens is 1. The van der Waals surface area contributed by atoms with E-state index in [1.807, 2.05) is 0 Å². The smallest absolute Gasteiger partial charge is 0.323 e. The maximum absolute atomic E-state index is 12.0. The highest BCUT2D eigenvalue weighted by Crippen LogP contribution is 2.27. The summed E-state index contributed by atoms with van der Waals surface area (Å²) in [6.45, 7) is 0. The number of carbonyl (C=O) groups is 1. The van der Waals surface area contributed by atoms with Crippen LogP contribution < -0.4 is 15.4 Å². The summed E-state index contributed by atoms with van der Waals surface area (Å²) in [5, 5.41) is 5.40. The number of urea groups is 1. The molecule has 0 saturated heterocycles. The molecule has 1 aromatic heterocycles. The first kappa shape index (κ1) is 17.0. The van der Waals surface area contributed by atoms with Gasteiger partial charge in [0, 0.05) is 24.2 Å². The number of nitrogens with zero attached hydrogens (tertiary/aromatic N) is 1. The normalized spacial score (nSPS) is 10.9. The summed E-state index contributed by atoms with van der Waals surface area (Å²) in [5.41, 5.74) is 0.798. The number of pyridine rings is 1. The zero-order chi connectivity index (χ0) is 17.0. The predicted molar refractivity (Wildman–Crippen MR) is 88.0 cm³/mol. The molecule has 0 atom stereocenters. The van der Waals surface area contributed by atoms with Crippen LogP contribution in [0.4, 0.5) is 16.2 Å². The first-order valence-corrected chi connectivity index (χ1v) is 8.64. The van der Waals surface area contributed by atoms with E-state index >= 15 is 0 Å². The van der Waals surface area contributed by atoms with Crippen molar-refractivity contribution < 1.29 is 17.9 Å². The number of anilines is 2. The summed E-state index contributed by atoms with van der Waals surface area (Å²) >= 11 is 5.74. The highest BCUT2D eigenvalue weighted by Gasteiger charge is 2.13. The third-order valence-corrected chi connectivity index (χ3v) is 4.15. The highest BCUT2D eigenvalue weighted by molar-refractivity contribution is 7.90. The summed E-state index contributed by atoms with van der Waals surface area (Å²) in [4.78, 5) is 15.9. The number of methoxy groups -OCH3 is 1. The van der Waals surface area contributed by atoms with E-state index in [1.54, 1.807) is 6.07 Å². The molecule has 2 amide bonds. The predicted octanol–water partition coefficient (Wildman–Crippen LogP) is 2.79. The number of nitrogens with one attached hydrogen (secondary N) is 2. The van der Waals surface area contributed by atoms with E-state index in [1.165, 1.54) is 37.6 Å². The van der Waals surface area contributed by atoms with Crippen molar-refractivity contribution in [2.24, 2.45) is 0 Å². The number of amides is 2. The van der Waals surface area contributed by atoms with Crippen molar-refractivity contribution in [3.8, 4) is 5.75 Å². The average molecular weight is 356 g/mol. The molecule has 122 valence electrons. The Balaban J connectivity index is 2.17. The van der Waals surface area contributed by atoms with E-state index < -0.39 is 15.9 Å². The molecule has 0 unspecified atom stereocenters. The van der Waals surface area contributed by atoms with Gasteiger partial charge in [0.15, 0.2) is 9.84 Å². The molecule has 0 aliphatic heterocycles. The van der Waals surface area contributed by atoms with Crippen molar-refractivity contribution in [2.75, 3.05) is 24.0 Å². The monoisotopic (exact) mass is 355 g/mol. The van der Waals surface area contributed by atoms with E-state index in [0.717, 1.165) is 6.26 Å². The lowest BCUT2D eigenvalue weighted by molar-refractivity contribution is 0.262. The van der Waals surface area contributed by atoms with Gasteiger partial charge in [-0.1, -0.05) is 11.6 Å². The Morgan fingerprint density at radius 1 is 1.22 bits per heavy atom. The molecular weight excluding hydrogens is 342 g/mol. The van der Waals surface area contributed by atoms with Gasteiger partial charge in [0.1, 0.15) is 10.9 Å². The summed E-state index contributed by atoms with van der Waals surface area (Å²) < 4.78 is 28.2. The molecule has 0 radical (unpaired) electrons. The fourth-order valence-electron chi connectivity index (χ4n) is 1.77. The lowest BCUT2D eigenvalue weighted by Gasteiger charge is -2.12. The van der Waals surface area contributed by atoms with Crippen LogP contribution >= 0.6 is 11.6 Å². The number of carbonyl (C=O) groups excluding carboxylic acids is 1. The zero-order valence-electron chi connectivity index (χ0n) is 12.3. The minimum absolute atomic E-state index is 0.0984. The topological polar surface area (TPSA) is 97.4 Å². The van der Waals surface area contributed by atoms with E-state index in [-0.39, 0.29) is 15.8 Å². The molecule has 9 heteroatoms. The summed E-state index contributed by atoms with van der Waals surface area (Å²) in [6, 6.07) is 6.72. The Morgan fingerprint density at radius 2 is 1.96 bits per heavy atom. The SMILES string of the molecule is COc1cc(S(C)(=O)=O)ccc1NC(=O)Nc1ccnc(Cl)c1. The van der Waals surface area contributed by atoms with Gasteiger partial charge >= 0.3 is 6.03 Å². The quantitative estimate of drug-likeness (QED) is 0.822. The van der Waals surface area contributed by atoms with Crippen LogP contribution in [0.2, 0.25) is 5.15 Å². The average Bonchev–Trinajstić information content (AvgIpc) is 2.46. The van der Waals surface area contributed by atoms with Crippen LogP contribution in [0.5, 0.6) is 5.75 Å². The van der Waals surface area contributed by atoms with Gasteiger partial charge in [0.25, 0.3) is 0 Å². The van der Waals surface area contributed by atoms with Gasteiger partial charge in [0.05, 0.1) is 17.7 Å². The molecule has 0 spiro atoms. The standard InChI is InChI=1S/C14H14ClN3O4S/c1-22-12-8-10(23(2,20)21)3-4-11(12)18-14(19)17-9-5-6-16-13(15)7-9/h3-8H,1-2H3,(H2,16,17,18,19). The number of sulfone groups is 1. The molecule has 1 aromatic carbocycles. The van der Waals surface area contributed by atoms with Crippen molar-refractivity contribution in [2.45, 2.75) is 4.90 Å². The third kappa shape index (κ3) is 4.57. The second-order valence-corrected chi connectivity index (χ2v) is 6.98. The number of rotatable bonds is 4. The lowest BCUT2D eigenvalue weighted by Crippen LogP contribution is -2.20. The van der Waals surface area contributed by atoms with E-state index in [9.17, 15) is 13.2 Å². The van der Waals surface area contributed by atoms with Crippen LogP contribution in [0.25, 0.3) is 0 Å². The lowest BCUT2D eigenvalue weighted by atomic mass is 10.3. The molecule has 0 aliphatic rings. The molecule has 0 bridgehead atoms. The summed E-state index contributed by atoms with van der Waals surface area (Å²) in [5.74, 6) is 0.232. The Morgan fingerprint density at radius 3 is 2.57 bits per heavy atom. The number of halogens is 1. The van der Waals surface area contributed by atoms with Crippen LogP contribution in [0.3, 0.4) is 0 Å². The third-order valence-electron chi connectivity index (χ3n) is 2.83. The Hall–Kier alpha value is -2.32. The number of hydrogen-bond donors (Lipinski definition) is 2. The van der Waals surface area contributed by atoms with E-state index in [2.05, 4.69) is 15.6 Å². The molecule has 0 saturated carbocycles. The van der Waals surface area contributed by atoms with Gasteiger partial charge in [-0.25, -0.2) is 18.2 Å². The highest BCUT2D eigenvalue weighted by atomic mass is 35.5. The molecule has 0 fully saturated rings. The van der Waals surface area contributed by atoms with Crippen LogP contribution in [0.15, 0.2) is 41.4 Å². The second kappa shape index (κ2) is 6.84. The summed E-state index contributed by atoms with van der Waals surface area (Å²) in [7, 11) is -1.98. The van der Waals surface area contributed by atoms with Gasteiger partial charge in [0.2, 0.25) is 0 Å². The fourth-order valence-corrected chi connectivity index (χ4v) is 2.58. The molecule has 7 nitrogen and oxygen atoms in total. The van der Waals surface area contributed by atoms with Crippen molar-refractivity contribution in [1.82, 2.24) is 4.98 Å². The van der Waals surface area contributed by atoms with Crippen molar-refractivity contribution in [3.63, 3.8) is 0 Å². The van der Waals surface area contributed by atoms with Gasteiger partial charge in [-0.05, 0) is 24.3 Å². The first-order chi connectivity index (χ1) is 10.8. The summed E-state index contributed by atoms with van der Waals surface area (Å²) in [6.07, 6.45) is 2.55. The zero-order valence-corrected chi connectivity index (χ0v) is 13.9. The minimum atomic E-state index is -3.36. The van der Waals surface area contributed by atoms with Crippen molar-refractivity contribution >= 4 is 38.8 Å². The van der Waals surface area contributed by atoms with Crippen LogP contribution in [0, 0.1) is 0 Å². The van der Waals surface area contributed by atoms with Gasteiger partial charge < -0.3 is 15.4 Å². The molecule has 2 N–H and O–H groups in total. The van der Waals surface area contributed by atoms with Crippen LogP contribution in [0.1, 0.15) is 0 Å². The van der Waals surface area contributed by atoms with E-state index in [4.69, 9.17) is 16.3 Å². The van der Waals surface area contributed by atoms with Crippen LogP contribution in [-0.2, 0) is 9.84 Å². The van der Waals surface area contributed by atoms with Gasteiger partial charge in [-0.3, -0.25) is 0 Å². The molecular formula is C14H14ClN3O4S. The van der Waals surface area contributed by atoms with E-state index in [0.29, 0.717) is 11.4 Å². The van der Waals surface area contributed by atoms with Gasteiger partial charge in [-0.2, -0.15) is 0 Å².